The summed E-state index contributed by atoms with van der Waals surface area (Å²) in [5, 5.41) is 11.3. The van der Waals surface area contributed by atoms with E-state index in [1.165, 1.54) is 6.07 Å². The van der Waals surface area contributed by atoms with E-state index in [0.717, 1.165) is 18.2 Å². The summed E-state index contributed by atoms with van der Waals surface area (Å²) in [6, 6.07) is 4.68. The number of nitro groups is 1. The second kappa shape index (κ2) is 7.40. The lowest BCUT2D eigenvalue weighted by molar-refractivity contribution is -0.385. The summed E-state index contributed by atoms with van der Waals surface area (Å²) in [6.07, 6.45) is 5.08. The van der Waals surface area contributed by atoms with Crippen molar-refractivity contribution in [3.8, 4) is 29.6 Å². The largest absolute Gasteiger partial charge is 0.456 e. The third kappa shape index (κ3) is 4.29. The van der Waals surface area contributed by atoms with Gasteiger partial charge in [0.25, 0.3) is 5.69 Å². The van der Waals surface area contributed by atoms with Gasteiger partial charge in [-0.15, -0.1) is 6.42 Å². The first-order chi connectivity index (χ1) is 11.8. The minimum atomic E-state index is -1.05. The molecule has 0 N–H and O–H groups in total. The van der Waals surface area contributed by atoms with Crippen molar-refractivity contribution < 1.29 is 28.0 Å². The Morgan fingerprint density at radius 3 is 2.36 bits per heavy atom. The van der Waals surface area contributed by atoms with E-state index in [2.05, 4.69) is 0 Å². The summed E-state index contributed by atoms with van der Waals surface area (Å²) in [5.41, 5.74) is -0.216. The summed E-state index contributed by atoms with van der Waals surface area (Å²) < 4.78 is 36.7. The zero-order valence-electron chi connectivity index (χ0n) is 12.9. The second-order valence-electron chi connectivity index (χ2n) is 4.77. The quantitative estimate of drug-likeness (QED) is 0.205. The Bertz CT molecular complexity index is 869. The summed E-state index contributed by atoms with van der Waals surface area (Å²) in [7, 11) is 0. The average Bonchev–Trinajstić information content (AvgIpc) is 2.53. The van der Waals surface area contributed by atoms with E-state index in [1.807, 2.05) is 0 Å². The second-order valence-corrected chi connectivity index (χ2v) is 4.77. The van der Waals surface area contributed by atoms with Gasteiger partial charge < -0.3 is 9.47 Å². The van der Waals surface area contributed by atoms with Crippen LogP contribution in [0.2, 0.25) is 0 Å². The van der Waals surface area contributed by atoms with Gasteiger partial charge in [-0.1, -0.05) is 6.92 Å². The minimum absolute atomic E-state index is 0.0819. The number of carbonyl (C=O) groups is 1. The fraction of sp³-hybridized carbons (Fsp3) is 0.118. The molecule has 2 aromatic carbocycles. The molecule has 0 aromatic heterocycles. The molecule has 8 heteroatoms. The van der Waals surface area contributed by atoms with Crippen LogP contribution in [-0.4, -0.2) is 10.9 Å². The van der Waals surface area contributed by atoms with E-state index in [4.69, 9.17) is 15.9 Å². The summed E-state index contributed by atoms with van der Waals surface area (Å²) in [4.78, 5) is 21.8. The molecule has 0 fully saturated rings. The van der Waals surface area contributed by atoms with Crippen molar-refractivity contribution in [2.75, 3.05) is 0 Å². The molecule has 128 valence electrons. The standard InChI is InChI=1S/C17H11F2NO5/c1-3-14-15(20(22)23)8-13(25-17(21)4-2)9-16(14)24-12-6-10(18)5-11(19)7-12/h2,5-9H,3H2,1H3. The van der Waals surface area contributed by atoms with Crippen LogP contribution in [0.1, 0.15) is 12.5 Å². The van der Waals surface area contributed by atoms with Gasteiger partial charge >= 0.3 is 5.97 Å². The minimum Gasteiger partial charge on any atom is -0.456 e. The highest BCUT2D eigenvalue weighted by atomic mass is 19.1. The van der Waals surface area contributed by atoms with Crippen LogP contribution >= 0.6 is 0 Å². The number of esters is 1. The molecule has 2 aromatic rings. The van der Waals surface area contributed by atoms with Crippen LogP contribution in [0.3, 0.4) is 0 Å². The molecular weight excluding hydrogens is 336 g/mol. The highest BCUT2D eigenvalue weighted by molar-refractivity contribution is 5.89. The maximum atomic E-state index is 13.3. The lowest BCUT2D eigenvalue weighted by Gasteiger charge is -2.12. The summed E-state index contributed by atoms with van der Waals surface area (Å²) in [5.74, 6) is -1.62. The molecule has 6 nitrogen and oxygen atoms in total. The van der Waals surface area contributed by atoms with Crippen LogP contribution in [0.4, 0.5) is 14.5 Å². The van der Waals surface area contributed by atoms with Crippen molar-refractivity contribution >= 4 is 11.7 Å². The molecule has 0 saturated carbocycles. The van der Waals surface area contributed by atoms with E-state index in [9.17, 15) is 23.7 Å². The van der Waals surface area contributed by atoms with Gasteiger partial charge in [0.05, 0.1) is 16.6 Å². The van der Waals surface area contributed by atoms with E-state index >= 15 is 0 Å². The topological polar surface area (TPSA) is 78.7 Å². The van der Waals surface area contributed by atoms with E-state index in [1.54, 1.807) is 12.8 Å². The first-order valence-corrected chi connectivity index (χ1v) is 6.97. The molecule has 2 rings (SSSR count). The van der Waals surface area contributed by atoms with E-state index in [0.29, 0.717) is 6.07 Å². The Morgan fingerprint density at radius 2 is 1.84 bits per heavy atom. The molecule has 0 amide bonds. The smallest absolute Gasteiger partial charge is 0.389 e. The normalized spacial score (nSPS) is 10.0. The number of carbonyl (C=O) groups excluding carboxylic acids is 1. The van der Waals surface area contributed by atoms with E-state index in [-0.39, 0.29) is 34.9 Å². The number of halogens is 2. The Morgan fingerprint density at radius 1 is 1.20 bits per heavy atom. The van der Waals surface area contributed by atoms with Gasteiger partial charge in [0.2, 0.25) is 0 Å². The Balaban J connectivity index is 2.55. The molecule has 0 aliphatic carbocycles. The fourth-order valence-corrected chi connectivity index (χ4v) is 2.13. The molecule has 0 radical (unpaired) electrons. The number of rotatable bonds is 5. The molecule has 0 spiro atoms. The van der Waals surface area contributed by atoms with Crippen LogP contribution in [0.15, 0.2) is 30.3 Å². The number of ether oxygens (including phenoxy) is 2. The van der Waals surface area contributed by atoms with Crippen LogP contribution < -0.4 is 9.47 Å². The summed E-state index contributed by atoms with van der Waals surface area (Å²) in [6.45, 7) is 1.63. The third-order valence-electron chi connectivity index (χ3n) is 3.10. The number of hydrogen-bond donors (Lipinski definition) is 0. The molecule has 0 unspecified atom stereocenters. The van der Waals surface area contributed by atoms with Crippen LogP contribution in [-0.2, 0) is 11.2 Å². The number of hydrogen-bond acceptors (Lipinski definition) is 5. The Kier molecular flexibility index (Phi) is 5.29. The SMILES string of the molecule is C#CC(=O)Oc1cc(Oc2cc(F)cc(F)c2)c(CC)c([N+](=O)[O-])c1. The molecule has 0 saturated heterocycles. The molecule has 0 heterocycles. The molecule has 0 aliphatic rings. The number of nitro benzene ring substituents is 1. The Hall–Kier alpha value is -3.47. The van der Waals surface area contributed by atoms with Gasteiger partial charge in [0.1, 0.15) is 28.9 Å². The van der Waals surface area contributed by atoms with E-state index < -0.39 is 22.5 Å². The monoisotopic (exact) mass is 347 g/mol. The van der Waals surface area contributed by atoms with Gasteiger partial charge in [-0.3, -0.25) is 10.1 Å². The van der Waals surface area contributed by atoms with Crippen molar-refractivity contribution in [1.29, 1.82) is 0 Å². The zero-order valence-corrected chi connectivity index (χ0v) is 12.9. The van der Waals surface area contributed by atoms with Crippen molar-refractivity contribution in [3.63, 3.8) is 0 Å². The van der Waals surface area contributed by atoms with Crippen molar-refractivity contribution in [1.82, 2.24) is 0 Å². The van der Waals surface area contributed by atoms with Gasteiger partial charge in [-0.05, 0) is 6.42 Å². The third-order valence-corrected chi connectivity index (χ3v) is 3.10. The first-order valence-electron chi connectivity index (χ1n) is 6.97. The van der Waals surface area contributed by atoms with Gasteiger partial charge in [0.15, 0.2) is 0 Å². The molecule has 0 aliphatic heterocycles. The molecule has 0 atom stereocenters. The fourth-order valence-electron chi connectivity index (χ4n) is 2.13. The highest BCUT2D eigenvalue weighted by Crippen LogP contribution is 2.37. The van der Waals surface area contributed by atoms with Crippen molar-refractivity contribution in [3.05, 3.63) is 57.6 Å². The molecule has 0 bridgehead atoms. The van der Waals surface area contributed by atoms with Crippen LogP contribution in [0, 0.1) is 34.1 Å². The maximum absolute atomic E-state index is 13.3. The van der Waals surface area contributed by atoms with Gasteiger partial charge in [-0.2, -0.15) is 0 Å². The predicted molar refractivity (Wildman–Crippen MR) is 83.4 cm³/mol. The van der Waals surface area contributed by atoms with Crippen LogP contribution in [0.25, 0.3) is 0 Å². The summed E-state index contributed by atoms with van der Waals surface area (Å²) >= 11 is 0. The van der Waals surface area contributed by atoms with Gasteiger partial charge in [0, 0.05) is 30.2 Å². The predicted octanol–water partition coefficient (Wildman–Crippen LogP) is 3.77. The molecule has 25 heavy (non-hydrogen) atoms. The average molecular weight is 347 g/mol. The zero-order chi connectivity index (χ0) is 18.6. The number of benzene rings is 2. The Labute approximate surface area is 141 Å². The first kappa shape index (κ1) is 17.9. The lowest BCUT2D eigenvalue weighted by Crippen LogP contribution is -2.06. The van der Waals surface area contributed by atoms with Crippen molar-refractivity contribution in [2.45, 2.75) is 13.3 Å². The number of nitrogens with zero attached hydrogens (tertiary/aromatic N) is 1. The van der Waals surface area contributed by atoms with Crippen molar-refractivity contribution in [2.24, 2.45) is 0 Å². The van der Waals surface area contributed by atoms with Crippen LogP contribution in [0.5, 0.6) is 17.2 Å². The molecular formula is C17H11F2NO5. The lowest BCUT2D eigenvalue weighted by atomic mass is 10.1. The highest BCUT2D eigenvalue weighted by Gasteiger charge is 2.22. The van der Waals surface area contributed by atoms with Gasteiger partial charge in [-0.25, -0.2) is 13.6 Å². The maximum Gasteiger partial charge on any atom is 0.389 e. The number of terminal acetylenes is 1.